The van der Waals surface area contributed by atoms with Gasteiger partial charge in [-0.25, -0.2) is 8.42 Å². The van der Waals surface area contributed by atoms with Gasteiger partial charge in [0.15, 0.2) is 0 Å². The largest absolute Gasteiger partial charge is 0.495 e. The zero-order valence-corrected chi connectivity index (χ0v) is 12.2. The molecule has 1 aliphatic heterocycles. The van der Waals surface area contributed by atoms with Gasteiger partial charge in [0.25, 0.3) is 0 Å². The zero-order chi connectivity index (χ0) is 13.9. The van der Waals surface area contributed by atoms with Crippen LogP contribution in [0.15, 0.2) is 23.1 Å². The standard InChI is InChI=1S/C13H20N2O3S/c1-11-4-5-12(18-2)13(10-11)19(16,17)15-8-3-6-14-7-9-15/h4-5,10,14H,3,6-9H2,1-2H3. The first-order valence-electron chi connectivity index (χ1n) is 6.41. The first-order chi connectivity index (χ1) is 9.05. The number of benzene rings is 1. The number of rotatable bonds is 3. The monoisotopic (exact) mass is 284 g/mol. The summed E-state index contributed by atoms with van der Waals surface area (Å²) in [4.78, 5) is 0.261. The molecule has 2 rings (SSSR count). The number of nitrogens with zero attached hydrogens (tertiary/aromatic N) is 1. The molecule has 5 nitrogen and oxygen atoms in total. The molecule has 0 amide bonds. The molecule has 1 aliphatic rings. The van der Waals surface area contributed by atoms with Gasteiger partial charge in [-0.1, -0.05) is 6.07 Å². The molecule has 0 aromatic heterocycles. The summed E-state index contributed by atoms with van der Waals surface area (Å²) < 4.78 is 32.1. The summed E-state index contributed by atoms with van der Waals surface area (Å²) in [5.41, 5.74) is 0.910. The molecule has 1 saturated heterocycles. The quantitative estimate of drug-likeness (QED) is 0.899. The maximum absolute atomic E-state index is 12.7. The van der Waals surface area contributed by atoms with Crippen molar-refractivity contribution in [1.82, 2.24) is 9.62 Å². The van der Waals surface area contributed by atoms with Gasteiger partial charge in [0.05, 0.1) is 7.11 Å². The van der Waals surface area contributed by atoms with E-state index < -0.39 is 10.0 Å². The van der Waals surface area contributed by atoms with Crippen molar-refractivity contribution in [1.29, 1.82) is 0 Å². The predicted molar refractivity (Wildman–Crippen MR) is 74.0 cm³/mol. The van der Waals surface area contributed by atoms with E-state index in [-0.39, 0.29) is 4.90 Å². The van der Waals surface area contributed by atoms with E-state index in [9.17, 15) is 8.42 Å². The summed E-state index contributed by atoms with van der Waals surface area (Å²) in [5.74, 6) is 0.405. The highest BCUT2D eigenvalue weighted by atomic mass is 32.2. The zero-order valence-electron chi connectivity index (χ0n) is 11.3. The molecule has 19 heavy (non-hydrogen) atoms. The van der Waals surface area contributed by atoms with E-state index in [0.29, 0.717) is 25.4 Å². The van der Waals surface area contributed by atoms with Crippen molar-refractivity contribution in [2.75, 3.05) is 33.3 Å². The molecule has 1 aromatic carbocycles. The summed E-state index contributed by atoms with van der Waals surface area (Å²) in [7, 11) is -1.99. The Morgan fingerprint density at radius 1 is 1.26 bits per heavy atom. The van der Waals surface area contributed by atoms with E-state index in [4.69, 9.17) is 4.74 Å². The van der Waals surface area contributed by atoms with Gasteiger partial charge in [0.2, 0.25) is 10.0 Å². The first kappa shape index (κ1) is 14.3. The van der Waals surface area contributed by atoms with Crippen molar-refractivity contribution >= 4 is 10.0 Å². The Hall–Kier alpha value is -1.11. The van der Waals surface area contributed by atoms with Crippen molar-refractivity contribution in [3.63, 3.8) is 0 Å². The lowest BCUT2D eigenvalue weighted by Crippen LogP contribution is -2.34. The van der Waals surface area contributed by atoms with Gasteiger partial charge in [0.1, 0.15) is 10.6 Å². The molecule has 0 bridgehead atoms. The molecule has 0 atom stereocenters. The van der Waals surface area contributed by atoms with Crippen molar-refractivity contribution in [2.45, 2.75) is 18.2 Å². The second-order valence-corrected chi connectivity index (χ2v) is 6.57. The lowest BCUT2D eigenvalue weighted by molar-refractivity contribution is 0.393. The molecule has 6 heteroatoms. The number of hydrogen-bond acceptors (Lipinski definition) is 4. The number of methoxy groups -OCH3 is 1. The summed E-state index contributed by atoms with van der Waals surface area (Å²) in [5, 5.41) is 3.20. The van der Waals surface area contributed by atoms with Crippen LogP contribution in [-0.2, 0) is 10.0 Å². The van der Waals surface area contributed by atoms with Crippen molar-refractivity contribution in [3.8, 4) is 5.75 Å². The Morgan fingerprint density at radius 2 is 2.05 bits per heavy atom. The fourth-order valence-corrected chi connectivity index (χ4v) is 3.91. The molecular formula is C13H20N2O3S. The second-order valence-electron chi connectivity index (χ2n) is 4.66. The molecule has 106 valence electrons. The van der Waals surface area contributed by atoms with Gasteiger partial charge >= 0.3 is 0 Å². The molecule has 0 unspecified atom stereocenters. The summed E-state index contributed by atoms with van der Waals surface area (Å²) in [6.45, 7) is 4.47. The predicted octanol–water partition coefficient (Wildman–Crippen LogP) is 0.988. The van der Waals surface area contributed by atoms with Crippen LogP contribution < -0.4 is 10.1 Å². The van der Waals surface area contributed by atoms with E-state index in [1.165, 1.54) is 11.4 Å². The number of sulfonamides is 1. The highest BCUT2D eigenvalue weighted by Crippen LogP contribution is 2.27. The van der Waals surface area contributed by atoms with Crippen LogP contribution in [0, 0.1) is 6.92 Å². The van der Waals surface area contributed by atoms with Crippen LogP contribution in [0.4, 0.5) is 0 Å². The summed E-state index contributed by atoms with van der Waals surface area (Å²) >= 11 is 0. The fourth-order valence-electron chi connectivity index (χ4n) is 2.19. The fraction of sp³-hybridized carbons (Fsp3) is 0.538. The summed E-state index contributed by atoms with van der Waals surface area (Å²) in [6, 6.07) is 5.23. The van der Waals surface area contributed by atoms with Gasteiger partial charge in [-0.15, -0.1) is 0 Å². The number of nitrogens with one attached hydrogen (secondary N) is 1. The number of aryl methyl sites for hydroxylation is 1. The average Bonchev–Trinajstić information content (AvgIpc) is 2.68. The molecule has 1 aromatic rings. The summed E-state index contributed by atoms with van der Waals surface area (Å²) in [6.07, 6.45) is 0.827. The molecular weight excluding hydrogens is 264 g/mol. The first-order valence-corrected chi connectivity index (χ1v) is 7.85. The van der Waals surface area contributed by atoms with Gasteiger partial charge in [-0.3, -0.25) is 0 Å². The molecule has 0 radical (unpaired) electrons. The topological polar surface area (TPSA) is 58.6 Å². The average molecular weight is 284 g/mol. The lowest BCUT2D eigenvalue weighted by Gasteiger charge is -2.21. The van der Waals surface area contributed by atoms with Crippen LogP contribution >= 0.6 is 0 Å². The molecule has 1 N–H and O–H groups in total. The number of hydrogen-bond donors (Lipinski definition) is 1. The van der Waals surface area contributed by atoms with E-state index in [2.05, 4.69) is 5.32 Å². The molecule has 0 saturated carbocycles. The SMILES string of the molecule is COc1ccc(C)cc1S(=O)(=O)N1CCCNCC1. The van der Waals surface area contributed by atoms with E-state index >= 15 is 0 Å². The highest BCUT2D eigenvalue weighted by molar-refractivity contribution is 7.89. The van der Waals surface area contributed by atoms with Crippen molar-refractivity contribution in [3.05, 3.63) is 23.8 Å². The molecule has 1 fully saturated rings. The van der Waals surface area contributed by atoms with Crippen molar-refractivity contribution in [2.24, 2.45) is 0 Å². The van der Waals surface area contributed by atoms with Crippen LogP contribution in [0.25, 0.3) is 0 Å². The van der Waals surface area contributed by atoms with Crippen LogP contribution in [0.3, 0.4) is 0 Å². The normalized spacial score (nSPS) is 18.0. The minimum atomic E-state index is -3.48. The highest BCUT2D eigenvalue weighted by Gasteiger charge is 2.28. The van der Waals surface area contributed by atoms with Crippen LogP contribution in [0.2, 0.25) is 0 Å². The van der Waals surface area contributed by atoms with Crippen LogP contribution in [-0.4, -0.2) is 46.0 Å². The van der Waals surface area contributed by atoms with Gasteiger partial charge in [-0.2, -0.15) is 4.31 Å². The van der Waals surface area contributed by atoms with Gasteiger partial charge in [-0.05, 0) is 37.6 Å². The van der Waals surface area contributed by atoms with Crippen molar-refractivity contribution < 1.29 is 13.2 Å². The van der Waals surface area contributed by atoms with Gasteiger partial charge < -0.3 is 10.1 Å². The minimum absolute atomic E-state index is 0.261. The molecule has 0 spiro atoms. The Bertz CT molecular complexity index is 535. The smallest absolute Gasteiger partial charge is 0.246 e. The maximum Gasteiger partial charge on any atom is 0.246 e. The van der Waals surface area contributed by atoms with Crippen LogP contribution in [0.5, 0.6) is 5.75 Å². The molecule has 1 heterocycles. The lowest BCUT2D eigenvalue weighted by atomic mass is 10.2. The van der Waals surface area contributed by atoms with E-state index in [0.717, 1.165) is 18.5 Å². The minimum Gasteiger partial charge on any atom is -0.495 e. The third-order valence-corrected chi connectivity index (χ3v) is 5.16. The Balaban J connectivity index is 2.40. The van der Waals surface area contributed by atoms with Gasteiger partial charge in [0, 0.05) is 19.6 Å². The van der Waals surface area contributed by atoms with Crippen LogP contribution in [0.1, 0.15) is 12.0 Å². The van der Waals surface area contributed by atoms with E-state index in [1.807, 2.05) is 13.0 Å². The molecule has 0 aliphatic carbocycles. The second kappa shape index (κ2) is 5.90. The Labute approximate surface area is 114 Å². The Morgan fingerprint density at radius 3 is 2.79 bits per heavy atom. The third kappa shape index (κ3) is 3.08. The van der Waals surface area contributed by atoms with E-state index in [1.54, 1.807) is 12.1 Å². The Kier molecular flexibility index (Phi) is 4.44. The number of ether oxygens (including phenoxy) is 1. The maximum atomic E-state index is 12.7. The third-order valence-electron chi connectivity index (χ3n) is 3.24.